The van der Waals surface area contributed by atoms with E-state index in [4.69, 9.17) is 10.00 Å². The number of carbonyl (C=O) groups excluding carboxylic acids is 1. The van der Waals surface area contributed by atoms with Gasteiger partial charge >= 0.3 is 12.0 Å². The quantitative estimate of drug-likeness (QED) is 0.759. The van der Waals surface area contributed by atoms with E-state index < -0.39 is 12.0 Å². The minimum Gasteiger partial charge on any atom is -0.480 e. The van der Waals surface area contributed by atoms with E-state index in [2.05, 4.69) is 0 Å². The monoisotopic (exact) mass is 315 g/mol. The number of aliphatic carboxylic acids is 1. The van der Waals surface area contributed by atoms with Crippen molar-refractivity contribution < 1.29 is 19.4 Å². The molecule has 0 aromatic heterocycles. The summed E-state index contributed by atoms with van der Waals surface area (Å²) in [4.78, 5) is 26.9. The molecule has 0 aliphatic carbocycles. The number of carbonyl (C=O) groups is 2. The highest BCUT2D eigenvalue weighted by Gasteiger charge is 2.42. The van der Waals surface area contributed by atoms with Crippen molar-refractivity contribution in [3.8, 4) is 6.07 Å². The van der Waals surface area contributed by atoms with Crippen molar-refractivity contribution in [2.45, 2.75) is 31.2 Å². The summed E-state index contributed by atoms with van der Waals surface area (Å²) >= 11 is 1.48. The molecule has 1 saturated heterocycles. The maximum atomic E-state index is 12.7. The molecule has 2 unspecified atom stereocenters. The molecule has 0 aromatic carbocycles. The molecular formula is C13H21N3O4S. The first-order chi connectivity index (χ1) is 10.1. The van der Waals surface area contributed by atoms with E-state index in [1.54, 1.807) is 0 Å². The van der Waals surface area contributed by atoms with Gasteiger partial charge in [0.05, 0.1) is 24.5 Å². The van der Waals surface area contributed by atoms with E-state index >= 15 is 0 Å². The average molecular weight is 315 g/mol. The summed E-state index contributed by atoms with van der Waals surface area (Å²) in [6.45, 7) is 2.91. The average Bonchev–Trinajstić information content (AvgIpc) is 2.90. The van der Waals surface area contributed by atoms with E-state index in [0.29, 0.717) is 25.3 Å². The molecule has 0 radical (unpaired) electrons. The third-order valence-corrected chi connectivity index (χ3v) is 4.73. The van der Waals surface area contributed by atoms with Crippen LogP contribution in [0.1, 0.15) is 19.8 Å². The minimum atomic E-state index is -0.987. The van der Waals surface area contributed by atoms with Gasteiger partial charge in [-0.1, -0.05) is 6.92 Å². The molecule has 0 spiro atoms. The molecule has 0 saturated carbocycles. The Morgan fingerprint density at radius 1 is 1.52 bits per heavy atom. The fourth-order valence-electron chi connectivity index (χ4n) is 2.18. The first kappa shape index (κ1) is 17.6. The molecule has 7 nitrogen and oxygen atoms in total. The SMILES string of the molecule is CCC1SCC(C(=O)O)N1C(=O)N(CCC#N)CCOC. The van der Waals surface area contributed by atoms with Gasteiger partial charge in [0.2, 0.25) is 0 Å². The van der Waals surface area contributed by atoms with Gasteiger partial charge in [0.1, 0.15) is 6.04 Å². The molecule has 8 heteroatoms. The first-order valence-corrected chi connectivity index (χ1v) is 7.89. The second-order valence-corrected chi connectivity index (χ2v) is 5.84. The number of methoxy groups -OCH3 is 1. The predicted molar refractivity (Wildman–Crippen MR) is 78.9 cm³/mol. The molecule has 1 aliphatic heterocycles. The summed E-state index contributed by atoms with van der Waals surface area (Å²) < 4.78 is 4.98. The van der Waals surface area contributed by atoms with Crippen LogP contribution in [-0.2, 0) is 9.53 Å². The second kappa shape index (κ2) is 8.74. The summed E-state index contributed by atoms with van der Waals surface area (Å²) in [5, 5.41) is 17.8. The van der Waals surface area contributed by atoms with Gasteiger partial charge in [-0.2, -0.15) is 5.26 Å². The third-order valence-electron chi connectivity index (χ3n) is 3.28. The number of amides is 2. The molecule has 1 heterocycles. The summed E-state index contributed by atoms with van der Waals surface area (Å²) in [5.74, 6) is -0.588. The largest absolute Gasteiger partial charge is 0.480 e. The van der Waals surface area contributed by atoms with Crippen molar-refractivity contribution >= 4 is 23.8 Å². The van der Waals surface area contributed by atoms with Crippen LogP contribution in [0.4, 0.5) is 4.79 Å². The predicted octanol–water partition coefficient (Wildman–Crippen LogP) is 1.21. The normalized spacial score (nSPS) is 21.1. The topological polar surface area (TPSA) is 93.9 Å². The molecular weight excluding hydrogens is 294 g/mol. The van der Waals surface area contributed by atoms with Crippen molar-refractivity contribution in [1.29, 1.82) is 5.26 Å². The molecule has 1 aliphatic rings. The highest BCUT2D eigenvalue weighted by atomic mass is 32.2. The number of hydrogen-bond acceptors (Lipinski definition) is 5. The van der Waals surface area contributed by atoms with Crippen molar-refractivity contribution in [3.63, 3.8) is 0 Å². The molecule has 2 atom stereocenters. The summed E-state index contributed by atoms with van der Waals surface area (Å²) in [5.41, 5.74) is 0. The maximum Gasteiger partial charge on any atom is 0.327 e. The van der Waals surface area contributed by atoms with E-state index in [9.17, 15) is 14.7 Å². The molecule has 1 fully saturated rings. The van der Waals surface area contributed by atoms with Gasteiger partial charge in [-0.05, 0) is 6.42 Å². The lowest BCUT2D eigenvalue weighted by molar-refractivity contribution is -0.141. The van der Waals surface area contributed by atoms with Crippen LogP contribution in [0.3, 0.4) is 0 Å². The summed E-state index contributed by atoms with van der Waals surface area (Å²) in [7, 11) is 1.54. The lowest BCUT2D eigenvalue weighted by Crippen LogP contribution is -2.52. The van der Waals surface area contributed by atoms with Crippen molar-refractivity contribution in [2.24, 2.45) is 0 Å². The van der Waals surface area contributed by atoms with Gasteiger partial charge in [-0.15, -0.1) is 11.8 Å². The fraction of sp³-hybridized carbons (Fsp3) is 0.769. The number of hydrogen-bond donors (Lipinski definition) is 1. The zero-order chi connectivity index (χ0) is 15.8. The number of nitriles is 1. The molecule has 1 rings (SSSR count). The lowest BCUT2D eigenvalue weighted by Gasteiger charge is -2.32. The van der Waals surface area contributed by atoms with Gasteiger partial charge < -0.3 is 14.7 Å². The number of nitrogens with zero attached hydrogens (tertiary/aromatic N) is 3. The highest BCUT2D eigenvalue weighted by Crippen LogP contribution is 2.32. The van der Waals surface area contributed by atoms with Crippen LogP contribution in [0.5, 0.6) is 0 Å². The fourth-order valence-corrected chi connectivity index (χ4v) is 3.52. The van der Waals surface area contributed by atoms with Gasteiger partial charge in [-0.25, -0.2) is 9.59 Å². The van der Waals surface area contributed by atoms with Crippen molar-refractivity contribution in [2.75, 3.05) is 32.6 Å². The molecule has 0 bridgehead atoms. The van der Waals surface area contributed by atoms with Crippen LogP contribution in [0.15, 0.2) is 0 Å². The van der Waals surface area contributed by atoms with Crippen LogP contribution in [-0.4, -0.2) is 70.9 Å². The zero-order valence-electron chi connectivity index (χ0n) is 12.3. The second-order valence-electron chi connectivity index (χ2n) is 4.63. The van der Waals surface area contributed by atoms with E-state index in [0.717, 1.165) is 0 Å². The Morgan fingerprint density at radius 2 is 2.24 bits per heavy atom. The molecule has 1 N–H and O–H groups in total. The van der Waals surface area contributed by atoms with Crippen LogP contribution in [0.2, 0.25) is 0 Å². The highest BCUT2D eigenvalue weighted by molar-refractivity contribution is 8.00. The zero-order valence-corrected chi connectivity index (χ0v) is 13.1. The smallest absolute Gasteiger partial charge is 0.327 e. The number of urea groups is 1. The Hall–Kier alpha value is -1.46. The number of thioether (sulfide) groups is 1. The van der Waals surface area contributed by atoms with E-state index in [1.807, 2.05) is 13.0 Å². The van der Waals surface area contributed by atoms with Crippen LogP contribution < -0.4 is 0 Å². The third kappa shape index (κ3) is 4.51. The van der Waals surface area contributed by atoms with Crippen molar-refractivity contribution in [3.05, 3.63) is 0 Å². The van der Waals surface area contributed by atoms with Crippen LogP contribution in [0, 0.1) is 11.3 Å². The summed E-state index contributed by atoms with van der Waals surface area (Å²) in [6.07, 6.45) is 0.904. The lowest BCUT2D eigenvalue weighted by atomic mass is 10.2. The molecule has 2 amide bonds. The Morgan fingerprint density at radius 3 is 2.76 bits per heavy atom. The Bertz CT molecular complexity index is 413. The first-order valence-electron chi connectivity index (χ1n) is 6.84. The molecule has 21 heavy (non-hydrogen) atoms. The standard InChI is InChI=1S/C13H21N3O4S/c1-3-11-16(10(9-21-11)12(17)18)13(19)15(6-4-5-14)7-8-20-2/h10-11H,3-4,6-9H2,1-2H3,(H,17,18). The number of rotatable bonds is 7. The number of carboxylic acids is 1. The van der Waals surface area contributed by atoms with Crippen molar-refractivity contribution in [1.82, 2.24) is 9.80 Å². The summed E-state index contributed by atoms with van der Waals surface area (Å²) in [6, 6.07) is 0.871. The molecule has 118 valence electrons. The van der Waals surface area contributed by atoms with Gasteiger partial charge in [0.15, 0.2) is 0 Å². The minimum absolute atomic E-state index is 0.134. The van der Waals surface area contributed by atoms with E-state index in [-0.39, 0.29) is 24.4 Å². The van der Waals surface area contributed by atoms with Gasteiger partial charge in [0, 0.05) is 26.0 Å². The van der Waals surface area contributed by atoms with Crippen LogP contribution in [0.25, 0.3) is 0 Å². The maximum absolute atomic E-state index is 12.7. The Labute approximate surface area is 128 Å². The number of ether oxygens (including phenoxy) is 1. The Kier molecular flexibility index (Phi) is 7.32. The van der Waals surface area contributed by atoms with Gasteiger partial charge in [-0.3, -0.25) is 4.90 Å². The van der Waals surface area contributed by atoms with Gasteiger partial charge in [0.25, 0.3) is 0 Å². The van der Waals surface area contributed by atoms with Crippen LogP contribution >= 0.6 is 11.8 Å². The number of carboxylic acid groups (broad SMARTS) is 1. The Balaban J connectivity index is 2.86. The van der Waals surface area contributed by atoms with E-state index in [1.165, 1.54) is 28.7 Å². The molecule has 0 aromatic rings.